The van der Waals surface area contributed by atoms with Crippen molar-refractivity contribution in [2.24, 2.45) is 11.8 Å². The molecule has 0 saturated carbocycles. The van der Waals surface area contributed by atoms with Crippen LogP contribution < -0.4 is 20.4 Å². The average Bonchev–Trinajstić information content (AvgIpc) is 2.79. The topological polar surface area (TPSA) is 68.8 Å². The number of hydrogen-bond acceptors (Lipinski definition) is 7. The maximum absolute atomic E-state index is 5.57. The van der Waals surface area contributed by atoms with Gasteiger partial charge in [0.05, 0.1) is 13.2 Å². The average molecular weight is 462 g/mol. The number of hydrogen-bond donors (Lipinski definition) is 2. The van der Waals surface area contributed by atoms with E-state index in [0.29, 0.717) is 22.9 Å². The summed E-state index contributed by atoms with van der Waals surface area (Å²) in [6, 6.07) is 2.18. The molecule has 4 rings (SSSR count). The van der Waals surface area contributed by atoms with Crippen LogP contribution in [0.5, 0.6) is 0 Å². The van der Waals surface area contributed by atoms with Crippen LogP contribution in [0.4, 0.5) is 17.6 Å². The minimum atomic E-state index is 0.584. The lowest BCUT2D eigenvalue weighted by atomic mass is 9.92. The van der Waals surface area contributed by atoms with Crippen molar-refractivity contribution in [3.63, 3.8) is 0 Å². The van der Waals surface area contributed by atoms with E-state index in [4.69, 9.17) is 26.9 Å². The Kier molecular flexibility index (Phi) is 8.37. The predicted molar refractivity (Wildman–Crippen MR) is 135 cm³/mol. The maximum atomic E-state index is 5.57. The Balaban J connectivity index is 1.42. The van der Waals surface area contributed by atoms with Crippen LogP contribution >= 0.6 is 12.2 Å². The molecule has 2 N–H and O–H groups in total. The molecule has 3 aliphatic rings. The van der Waals surface area contributed by atoms with Crippen LogP contribution in [0.3, 0.4) is 0 Å². The Morgan fingerprint density at radius 2 is 1.66 bits per heavy atom. The van der Waals surface area contributed by atoms with Crippen LogP contribution in [0.15, 0.2) is 6.07 Å². The Morgan fingerprint density at radius 1 is 1.00 bits per heavy atom. The summed E-state index contributed by atoms with van der Waals surface area (Å²) in [6.45, 7) is 14.2. The van der Waals surface area contributed by atoms with E-state index in [1.54, 1.807) is 0 Å². The molecule has 0 radical (unpaired) electrons. The largest absolute Gasteiger partial charge is 0.379 e. The van der Waals surface area contributed by atoms with Gasteiger partial charge in [0.2, 0.25) is 5.95 Å². The number of rotatable bonds is 6. The SMILES string of the molecule is C[C@@H]1C[C@@H](C)CN(c2cc(N3CCCCC3)nc(NC(=S)NCCN3CCOCC3)n2)C1. The van der Waals surface area contributed by atoms with E-state index >= 15 is 0 Å². The number of morpholine rings is 1. The van der Waals surface area contributed by atoms with E-state index in [-0.39, 0.29) is 0 Å². The van der Waals surface area contributed by atoms with Gasteiger partial charge in [-0.1, -0.05) is 13.8 Å². The first-order valence-electron chi connectivity index (χ1n) is 12.3. The van der Waals surface area contributed by atoms with E-state index in [0.717, 1.165) is 77.2 Å². The lowest BCUT2D eigenvalue weighted by Gasteiger charge is -2.36. The molecule has 1 aromatic heterocycles. The zero-order valence-corrected chi connectivity index (χ0v) is 20.5. The minimum absolute atomic E-state index is 0.584. The minimum Gasteiger partial charge on any atom is -0.379 e. The highest BCUT2D eigenvalue weighted by atomic mass is 32.1. The number of thiocarbonyl (C=S) groups is 1. The van der Waals surface area contributed by atoms with Crippen LogP contribution in [0.1, 0.15) is 39.5 Å². The van der Waals surface area contributed by atoms with Crippen molar-refractivity contribution in [1.82, 2.24) is 20.2 Å². The molecule has 0 amide bonds. The number of nitrogens with one attached hydrogen (secondary N) is 2. The summed E-state index contributed by atoms with van der Waals surface area (Å²) in [5.74, 6) is 3.97. The second kappa shape index (κ2) is 11.4. The fourth-order valence-corrected chi connectivity index (χ4v) is 5.27. The molecular weight excluding hydrogens is 422 g/mol. The highest BCUT2D eigenvalue weighted by molar-refractivity contribution is 7.80. The Labute approximate surface area is 198 Å². The summed E-state index contributed by atoms with van der Waals surface area (Å²) < 4.78 is 5.42. The van der Waals surface area contributed by atoms with E-state index < -0.39 is 0 Å². The third kappa shape index (κ3) is 6.65. The van der Waals surface area contributed by atoms with E-state index in [9.17, 15) is 0 Å². The summed E-state index contributed by atoms with van der Waals surface area (Å²) in [5, 5.41) is 7.17. The van der Waals surface area contributed by atoms with Gasteiger partial charge in [-0.2, -0.15) is 9.97 Å². The lowest BCUT2D eigenvalue weighted by molar-refractivity contribution is 0.0389. The van der Waals surface area contributed by atoms with Crippen LogP contribution in [-0.4, -0.2) is 85.6 Å². The van der Waals surface area contributed by atoms with Crippen molar-refractivity contribution < 1.29 is 4.74 Å². The monoisotopic (exact) mass is 461 g/mol. The van der Waals surface area contributed by atoms with Gasteiger partial charge in [-0.05, 0) is 49.7 Å². The molecule has 0 aromatic carbocycles. The summed E-state index contributed by atoms with van der Waals surface area (Å²) in [6.07, 6.45) is 5.03. The summed E-state index contributed by atoms with van der Waals surface area (Å²) >= 11 is 5.57. The van der Waals surface area contributed by atoms with Crippen molar-refractivity contribution in [1.29, 1.82) is 0 Å². The van der Waals surface area contributed by atoms with Crippen LogP contribution in [-0.2, 0) is 4.74 Å². The van der Waals surface area contributed by atoms with Crippen LogP contribution in [0.25, 0.3) is 0 Å². The van der Waals surface area contributed by atoms with Gasteiger partial charge < -0.3 is 25.2 Å². The molecule has 4 heterocycles. The van der Waals surface area contributed by atoms with Crippen molar-refractivity contribution in [3.8, 4) is 0 Å². The summed E-state index contributed by atoms with van der Waals surface area (Å²) in [5.41, 5.74) is 0. The number of anilines is 3. The van der Waals surface area contributed by atoms with Gasteiger partial charge in [0, 0.05) is 58.4 Å². The second-order valence-corrected chi connectivity index (χ2v) is 10.0. The first-order valence-corrected chi connectivity index (χ1v) is 12.7. The van der Waals surface area contributed by atoms with Gasteiger partial charge in [-0.15, -0.1) is 0 Å². The molecule has 1 aromatic rings. The molecule has 32 heavy (non-hydrogen) atoms. The van der Waals surface area contributed by atoms with Crippen molar-refractivity contribution in [3.05, 3.63) is 6.07 Å². The lowest BCUT2D eigenvalue weighted by Crippen LogP contribution is -2.42. The number of aromatic nitrogens is 2. The molecule has 3 aliphatic heterocycles. The first-order chi connectivity index (χ1) is 15.6. The van der Waals surface area contributed by atoms with E-state index in [1.165, 1.54) is 25.7 Å². The Morgan fingerprint density at radius 3 is 2.34 bits per heavy atom. The van der Waals surface area contributed by atoms with Gasteiger partial charge in [-0.25, -0.2) is 0 Å². The van der Waals surface area contributed by atoms with Gasteiger partial charge in [0.15, 0.2) is 5.11 Å². The highest BCUT2D eigenvalue weighted by Crippen LogP contribution is 2.29. The molecule has 9 heteroatoms. The third-order valence-electron chi connectivity index (χ3n) is 6.61. The molecular formula is C23H39N7OS. The molecule has 0 unspecified atom stereocenters. The number of piperidine rings is 2. The van der Waals surface area contributed by atoms with Gasteiger partial charge in [0.1, 0.15) is 11.6 Å². The van der Waals surface area contributed by atoms with Gasteiger partial charge in [0.25, 0.3) is 0 Å². The van der Waals surface area contributed by atoms with Crippen LogP contribution in [0, 0.1) is 11.8 Å². The van der Waals surface area contributed by atoms with Crippen molar-refractivity contribution >= 4 is 34.9 Å². The zero-order chi connectivity index (χ0) is 22.3. The molecule has 0 aliphatic carbocycles. The standard InChI is InChI=1S/C23H39N7OS/c1-18-14-19(2)17-30(16-18)21-15-20(29-7-4-3-5-8-29)25-22(26-21)27-23(32)24-6-9-28-10-12-31-13-11-28/h15,18-19H,3-14,16-17H2,1-2H3,(H2,24,25,26,27,32)/t18-,19-/m1/s1. The summed E-state index contributed by atoms with van der Waals surface area (Å²) in [7, 11) is 0. The quantitative estimate of drug-likeness (QED) is 0.622. The molecule has 3 saturated heterocycles. The van der Waals surface area contributed by atoms with Crippen LogP contribution in [0.2, 0.25) is 0 Å². The fraction of sp³-hybridized carbons (Fsp3) is 0.783. The zero-order valence-electron chi connectivity index (χ0n) is 19.7. The smallest absolute Gasteiger partial charge is 0.232 e. The third-order valence-corrected chi connectivity index (χ3v) is 6.86. The fourth-order valence-electron chi connectivity index (χ4n) is 5.07. The van der Waals surface area contributed by atoms with Crippen molar-refractivity contribution in [2.75, 3.05) is 80.7 Å². The first kappa shape index (κ1) is 23.4. The Bertz CT molecular complexity index is 742. The molecule has 0 spiro atoms. The summed E-state index contributed by atoms with van der Waals surface area (Å²) in [4.78, 5) is 16.9. The molecule has 3 fully saturated rings. The normalized spacial score (nSPS) is 24.9. The molecule has 2 atom stereocenters. The van der Waals surface area contributed by atoms with Gasteiger partial charge >= 0.3 is 0 Å². The van der Waals surface area contributed by atoms with E-state index in [1.807, 2.05) is 0 Å². The van der Waals surface area contributed by atoms with Crippen molar-refractivity contribution in [2.45, 2.75) is 39.5 Å². The second-order valence-electron chi connectivity index (χ2n) is 9.64. The van der Waals surface area contributed by atoms with Gasteiger partial charge in [-0.3, -0.25) is 4.90 Å². The van der Waals surface area contributed by atoms with E-state index in [2.05, 4.69) is 45.2 Å². The maximum Gasteiger partial charge on any atom is 0.232 e. The number of ether oxygens (including phenoxy) is 1. The molecule has 0 bridgehead atoms. The predicted octanol–water partition coefficient (Wildman–Crippen LogP) is 2.57. The molecule has 178 valence electrons. The highest BCUT2D eigenvalue weighted by Gasteiger charge is 2.25. The number of nitrogens with zero attached hydrogens (tertiary/aromatic N) is 5. The molecule has 8 nitrogen and oxygen atoms in total. The Hall–Kier alpha value is -1.71.